The van der Waals surface area contributed by atoms with Crippen LogP contribution in [0.2, 0.25) is 0 Å². The molecule has 2 aliphatic rings. The van der Waals surface area contributed by atoms with Gasteiger partial charge in [-0.3, -0.25) is 0 Å². The van der Waals surface area contributed by atoms with Gasteiger partial charge in [0.1, 0.15) is 0 Å². The molecule has 4 nitrogen and oxygen atoms in total. The van der Waals surface area contributed by atoms with E-state index in [0.717, 1.165) is 23.7 Å². The average Bonchev–Trinajstić information content (AvgIpc) is 3.11. The van der Waals surface area contributed by atoms with E-state index in [-0.39, 0.29) is 155 Å². The first-order chi connectivity index (χ1) is 23.3. The standard InChI is InChI=1S/2C12H20.C12H18.C7H17NO.C5H13NO.8CH3.4Ru/c3*1-7-8(2)10(4)12(6)11(5)9(7)3;1-6(2,8-5)7(3,4)9;1-5(2,4-7)6-3;;;;;;;;;;;;/h2*7-8H,1-6H3;1-6H3;8-9H,1-5H3;6-7H,4H2,1-3H3;8*1H3;;;;/q;;;;;8*-1;+1;3*+3/t2*7-,8?;;;;;;;;;;;;;;;/m11.............../s1. The van der Waals surface area contributed by atoms with Gasteiger partial charge >= 0.3 is 77.9 Å². The minimum Gasteiger partial charge on any atom is -0.394 e. The van der Waals surface area contributed by atoms with Gasteiger partial charge in [-0.1, -0.05) is 50.0 Å². The van der Waals surface area contributed by atoms with Crippen LogP contribution in [0.4, 0.5) is 0 Å². The quantitative estimate of drug-likeness (QED) is 0.179. The van der Waals surface area contributed by atoms with E-state index in [4.69, 9.17) is 5.11 Å². The molecule has 2 aliphatic carbocycles. The first-order valence-corrected chi connectivity index (χ1v) is 19.8. The van der Waals surface area contributed by atoms with Gasteiger partial charge in [-0.05, 0) is 232 Å². The van der Waals surface area contributed by atoms with E-state index in [2.05, 4.69) is 135 Å². The molecular formula is C56H112N2O2Ru4+2. The molecule has 64 heavy (non-hydrogen) atoms. The number of allylic oxidation sites excluding steroid dienone is 8. The molecule has 3 rings (SSSR count). The summed E-state index contributed by atoms with van der Waals surface area (Å²) < 4.78 is 0. The Balaban J connectivity index is -0.0000000393. The third-order valence-electron chi connectivity index (χ3n) is 14.3. The van der Waals surface area contributed by atoms with Gasteiger partial charge in [0.05, 0.1) is 12.2 Å². The van der Waals surface area contributed by atoms with Gasteiger partial charge in [0.15, 0.2) is 0 Å². The van der Waals surface area contributed by atoms with Crippen molar-refractivity contribution in [2.75, 3.05) is 20.7 Å². The predicted molar refractivity (Wildman–Crippen MR) is 286 cm³/mol. The van der Waals surface area contributed by atoms with Crippen molar-refractivity contribution < 1.29 is 88.1 Å². The molecule has 0 heterocycles. The van der Waals surface area contributed by atoms with Gasteiger partial charge in [0.25, 0.3) is 0 Å². The van der Waals surface area contributed by atoms with Gasteiger partial charge < -0.3 is 80.3 Å². The van der Waals surface area contributed by atoms with Gasteiger partial charge in [0.2, 0.25) is 0 Å². The first-order valence-electron chi connectivity index (χ1n) is 19.8. The van der Waals surface area contributed by atoms with Crippen molar-refractivity contribution in [3.05, 3.63) is 137 Å². The summed E-state index contributed by atoms with van der Waals surface area (Å²) in [5.74, 6) is 2.92. The van der Waals surface area contributed by atoms with E-state index in [1.807, 2.05) is 41.8 Å². The summed E-state index contributed by atoms with van der Waals surface area (Å²) in [5.41, 5.74) is 20.1. The topological polar surface area (TPSA) is 64.5 Å². The van der Waals surface area contributed by atoms with Crippen LogP contribution in [0.25, 0.3) is 0 Å². The average molecular weight is 1250 g/mol. The second-order valence-electron chi connectivity index (χ2n) is 17.9. The Morgan fingerprint density at radius 3 is 0.609 bits per heavy atom. The van der Waals surface area contributed by atoms with Gasteiger partial charge in [-0.15, -0.1) is 0 Å². The number of aliphatic hydroxyl groups is 2. The number of rotatable bonds is 4. The van der Waals surface area contributed by atoms with Gasteiger partial charge in [0, 0.05) is 11.1 Å². The summed E-state index contributed by atoms with van der Waals surface area (Å²) in [7, 11) is 3.67. The van der Waals surface area contributed by atoms with Gasteiger partial charge in [-0.2, -0.15) is 0 Å². The molecular weight excluding hydrogens is 1140 g/mol. The normalized spacial score (nSPS) is 17.1. The monoisotopic (exact) mass is 1250 g/mol. The van der Waals surface area contributed by atoms with Crippen LogP contribution in [0.1, 0.15) is 158 Å². The fourth-order valence-corrected chi connectivity index (χ4v) is 6.12. The Morgan fingerprint density at radius 2 is 0.547 bits per heavy atom. The molecule has 0 saturated heterocycles. The Labute approximate surface area is 459 Å². The van der Waals surface area contributed by atoms with Crippen molar-refractivity contribution in [1.82, 2.24) is 10.6 Å². The summed E-state index contributed by atoms with van der Waals surface area (Å²) in [6.45, 7) is 52.3. The van der Waals surface area contributed by atoms with Crippen molar-refractivity contribution >= 4 is 0 Å². The molecule has 4 radical (unpaired) electrons. The number of aliphatic hydroxyl groups excluding tert-OH is 1. The van der Waals surface area contributed by atoms with Crippen LogP contribution in [-0.2, 0) is 77.9 Å². The van der Waals surface area contributed by atoms with E-state index in [9.17, 15) is 5.11 Å². The minimum atomic E-state index is -0.665. The van der Waals surface area contributed by atoms with E-state index in [1.165, 1.54) is 55.7 Å². The fraction of sp³-hybridized carbons (Fsp3) is 0.607. The zero-order valence-corrected chi connectivity index (χ0v) is 55.8. The third kappa shape index (κ3) is 28.9. The minimum absolute atomic E-state index is 0. The molecule has 0 bridgehead atoms. The predicted octanol–water partition coefficient (Wildman–Crippen LogP) is 15.8. The molecule has 1 aromatic carbocycles. The van der Waals surface area contributed by atoms with Gasteiger partial charge in [-0.25, -0.2) is 0 Å². The van der Waals surface area contributed by atoms with Crippen LogP contribution in [-0.4, -0.2) is 47.6 Å². The molecule has 0 saturated carbocycles. The SMILES string of the molecule is CC1=C(C)C(C)[C@@H](C)C(C)=C1C.CC1=C(C)C(C)[C@@H](C)C(C)=C1C.CNC(C)(C)C(C)(C)O.CNC(C)(C)CO.Cc1c(C)c(C)c(C)c(C)c1C.[CH3-].[CH3-].[CH3-].[CH3-].[CH3-].[CH3-].[CH3-].[CH3-].[Ru+3].[Ru+3].[Ru+3].[Ru+]. The largest absolute Gasteiger partial charge is 3.00 e. The molecule has 0 spiro atoms. The number of nitrogens with one attached hydrogen (secondary N) is 2. The molecule has 1 aromatic rings. The Bertz CT molecular complexity index is 1260. The summed E-state index contributed by atoms with van der Waals surface area (Å²) in [5, 5.41) is 24.0. The van der Waals surface area contributed by atoms with Crippen molar-refractivity contribution in [3.8, 4) is 0 Å². The van der Waals surface area contributed by atoms with Crippen molar-refractivity contribution in [1.29, 1.82) is 0 Å². The summed E-state index contributed by atoms with van der Waals surface area (Å²) >= 11 is 0. The van der Waals surface area contributed by atoms with E-state index in [1.54, 1.807) is 36.1 Å². The number of hydrogen-bond donors (Lipinski definition) is 4. The summed E-state index contributed by atoms with van der Waals surface area (Å²) in [6.07, 6.45) is 0. The molecule has 0 amide bonds. The summed E-state index contributed by atoms with van der Waals surface area (Å²) in [4.78, 5) is 0. The van der Waals surface area contributed by atoms with Crippen LogP contribution < -0.4 is 10.6 Å². The zero-order valence-electron chi connectivity index (χ0n) is 48.8. The Kier molecular flexibility index (Phi) is 69.4. The molecule has 0 aromatic heterocycles. The number of benzene rings is 1. The van der Waals surface area contributed by atoms with Crippen molar-refractivity contribution in [3.63, 3.8) is 0 Å². The number of likely N-dealkylation sites (N-methyl/N-ethyl adjacent to an activating group) is 2. The van der Waals surface area contributed by atoms with Crippen LogP contribution >= 0.6 is 0 Å². The first kappa shape index (κ1) is 102. The maximum absolute atomic E-state index is 9.48. The number of hydrogen-bond acceptors (Lipinski definition) is 4. The third-order valence-corrected chi connectivity index (χ3v) is 14.3. The molecule has 2 unspecified atom stereocenters. The molecule has 8 heteroatoms. The maximum Gasteiger partial charge on any atom is 3.00 e. The molecule has 4 N–H and O–H groups in total. The zero-order chi connectivity index (χ0) is 42.0. The Hall–Kier alpha value is 0.514. The molecule has 0 aliphatic heterocycles. The van der Waals surface area contributed by atoms with Crippen LogP contribution in [0, 0.1) is 125 Å². The van der Waals surface area contributed by atoms with Crippen LogP contribution in [0.5, 0.6) is 0 Å². The Morgan fingerprint density at radius 1 is 0.391 bits per heavy atom. The van der Waals surface area contributed by atoms with Crippen molar-refractivity contribution in [2.24, 2.45) is 23.7 Å². The second kappa shape index (κ2) is 43.5. The molecule has 388 valence electrons. The molecule has 4 atom stereocenters. The maximum atomic E-state index is 9.48. The van der Waals surface area contributed by atoms with Crippen LogP contribution in [0.15, 0.2) is 44.6 Å². The van der Waals surface area contributed by atoms with Crippen LogP contribution in [0.3, 0.4) is 0 Å². The second-order valence-corrected chi connectivity index (χ2v) is 17.9. The van der Waals surface area contributed by atoms with E-state index in [0.29, 0.717) is 0 Å². The molecule has 0 fully saturated rings. The summed E-state index contributed by atoms with van der Waals surface area (Å²) in [6, 6.07) is 0. The van der Waals surface area contributed by atoms with E-state index >= 15 is 0 Å². The van der Waals surface area contributed by atoms with Crippen molar-refractivity contribution in [2.45, 2.75) is 183 Å². The van der Waals surface area contributed by atoms with E-state index < -0.39 is 5.60 Å². The fourth-order valence-electron chi connectivity index (χ4n) is 6.12. The smallest absolute Gasteiger partial charge is 0.394 e.